The van der Waals surface area contributed by atoms with Crippen LogP contribution < -0.4 is 4.90 Å². The van der Waals surface area contributed by atoms with Gasteiger partial charge in [0.1, 0.15) is 5.82 Å². The highest BCUT2D eigenvalue weighted by Gasteiger charge is 2.42. The van der Waals surface area contributed by atoms with Gasteiger partial charge in [-0.3, -0.25) is 0 Å². The minimum atomic E-state index is -4.41. The van der Waals surface area contributed by atoms with Crippen LogP contribution in [0.15, 0.2) is 18.3 Å². The van der Waals surface area contributed by atoms with Crippen LogP contribution in [0.3, 0.4) is 0 Å². The van der Waals surface area contributed by atoms with Crippen molar-refractivity contribution in [1.82, 2.24) is 9.29 Å². The van der Waals surface area contributed by atoms with E-state index < -0.39 is 21.8 Å². The SMILES string of the molecule is CN(C1CCCN(c2ccc(C(F)(F)F)cn2)C1)S(=O)(=O)C1CC1. The second-order valence-corrected chi connectivity index (χ2v) is 8.68. The normalized spacial score (nSPS) is 22.9. The smallest absolute Gasteiger partial charge is 0.355 e. The van der Waals surface area contributed by atoms with Gasteiger partial charge >= 0.3 is 6.18 Å². The highest BCUT2D eigenvalue weighted by molar-refractivity contribution is 7.90. The summed E-state index contributed by atoms with van der Waals surface area (Å²) in [6, 6.07) is 2.19. The molecular weight excluding hydrogens is 343 g/mol. The fraction of sp³-hybridized carbons (Fsp3) is 0.667. The molecule has 1 aromatic rings. The topological polar surface area (TPSA) is 53.5 Å². The van der Waals surface area contributed by atoms with Crippen molar-refractivity contribution in [2.24, 2.45) is 0 Å². The Morgan fingerprint density at radius 1 is 1.25 bits per heavy atom. The Morgan fingerprint density at radius 2 is 1.96 bits per heavy atom. The maximum absolute atomic E-state index is 12.6. The Bertz CT molecular complexity index is 687. The lowest BCUT2D eigenvalue weighted by Crippen LogP contribution is -2.49. The van der Waals surface area contributed by atoms with E-state index in [-0.39, 0.29) is 11.3 Å². The molecule has 3 rings (SSSR count). The van der Waals surface area contributed by atoms with Crippen molar-refractivity contribution < 1.29 is 21.6 Å². The summed E-state index contributed by atoms with van der Waals surface area (Å²) in [4.78, 5) is 5.76. The third kappa shape index (κ3) is 3.51. The van der Waals surface area contributed by atoms with Gasteiger partial charge in [0.05, 0.1) is 10.8 Å². The quantitative estimate of drug-likeness (QED) is 0.825. The summed E-state index contributed by atoms with van der Waals surface area (Å²) in [7, 11) is -1.66. The first-order valence-electron chi connectivity index (χ1n) is 7.94. The Balaban J connectivity index is 1.71. The summed E-state index contributed by atoms with van der Waals surface area (Å²) in [5, 5.41) is -0.262. The number of sulfonamides is 1. The molecule has 0 amide bonds. The van der Waals surface area contributed by atoms with Crippen molar-refractivity contribution in [2.75, 3.05) is 25.0 Å². The maximum atomic E-state index is 12.6. The number of aromatic nitrogens is 1. The van der Waals surface area contributed by atoms with Crippen LogP contribution in [0.5, 0.6) is 0 Å². The van der Waals surface area contributed by atoms with E-state index in [9.17, 15) is 21.6 Å². The van der Waals surface area contributed by atoms with Gasteiger partial charge in [-0.05, 0) is 37.8 Å². The van der Waals surface area contributed by atoms with Crippen LogP contribution in [0.1, 0.15) is 31.2 Å². The maximum Gasteiger partial charge on any atom is 0.417 e. The lowest BCUT2D eigenvalue weighted by atomic mass is 10.1. The lowest BCUT2D eigenvalue weighted by molar-refractivity contribution is -0.137. The predicted molar refractivity (Wildman–Crippen MR) is 84.2 cm³/mol. The molecule has 1 saturated carbocycles. The van der Waals surface area contributed by atoms with E-state index in [2.05, 4.69) is 4.98 Å². The number of nitrogens with zero attached hydrogens (tertiary/aromatic N) is 3. The standard InChI is InChI=1S/C15H20F3N3O2S/c1-20(24(22,23)13-5-6-13)12-3-2-8-21(10-12)14-7-4-11(9-19-14)15(16,17)18/h4,7,9,12-13H,2-3,5-6,8,10H2,1H3. The number of pyridine rings is 1. The first-order valence-corrected chi connectivity index (χ1v) is 9.45. The van der Waals surface area contributed by atoms with Gasteiger partial charge in [-0.15, -0.1) is 0 Å². The number of anilines is 1. The largest absolute Gasteiger partial charge is 0.417 e. The molecule has 0 aromatic carbocycles. The van der Waals surface area contributed by atoms with Gasteiger partial charge in [0.2, 0.25) is 10.0 Å². The average molecular weight is 363 g/mol. The molecule has 2 aliphatic rings. The summed E-state index contributed by atoms with van der Waals surface area (Å²) in [6.45, 7) is 1.10. The third-order valence-electron chi connectivity index (χ3n) is 4.66. The zero-order valence-electron chi connectivity index (χ0n) is 13.3. The minimum absolute atomic E-state index is 0.173. The first-order chi connectivity index (χ1) is 11.2. The van der Waals surface area contributed by atoms with Crippen molar-refractivity contribution in [3.05, 3.63) is 23.9 Å². The number of hydrogen-bond acceptors (Lipinski definition) is 4. The highest BCUT2D eigenvalue weighted by Crippen LogP contribution is 2.33. The molecule has 1 aliphatic heterocycles. The number of hydrogen-bond donors (Lipinski definition) is 0. The molecule has 1 saturated heterocycles. The van der Waals surface area contributed by atoms with Crippen molar-refractivity contribution in [1.29, 1.82) is 0 Å². The molecule has 1 aromatic heterocycles. The molecule has 9 heteroatoms. The van der Waals surface area contributed by atoms with Crippen molar-refractivity contribution in [3.8, 4) is 0 Å². The van der Waals surface area contributed by atoms with Crippen molar-refractivity contribution in [2.45, 2.75) is 43.2 Å². The van der Waals surface area contributed by atoms with E-state index in [1.54, 1.807) is 7.05 Å². The molecule has 0 spiro atoms. The van der Waals surface area contributed by atoms with E-state index in [1.807, 2.05) is 4.90 Å². The molecule has 1 unspecified atom stereocenters. The highest BCUT2D eigenvalue weighted by atomic mass is 32.2. The minimum Gasteiger partial charge on any atom is -0.355 e. The summed E-state index contributed by atoms with van der Waals surface area (Å²) >= 11 is 0. The summed E-state index contributed by atoms with van der Waals surface area (Å²) < 4.78 is 64.0. The van der Waals surface area contributed by atoms with E-state index in [0.29, 0.717) is 31.7 Å². The number of halogens is 3. The van der Waals surface area contributed by atoms with Crippen molar-refractivity contribution >= 4 is 15.8 Å². The fourth-order valence-corrected chi connectivity index (χ4v) is 4.80. The Labute approximate surface area is 139 Å². The van der Waals surface area contributed by atoms with Crippen LogP contribution in [0.2, 0.25) is 0 Å². The summed E-state index contributed by atoms with van der Waals surface area (Å²) in [5.74, 6) is 0.449. The Kier molecular flexibility index (Phi) is 4.50. The monoisotopic (exact) mass is 363 g/mol. The Morgan fingerprint density at radius 3 is 2.50 bits per heavy atom. The van der Waals surface area contributed by atoms with Gasteiger partial charge in [-0.1, -0.05) is 0 Å². The van der Waals surface area contributed by atoms with Gasteiger partial charge in [0.25, 0.3) is 0 Å². The molecule has 2 fully saturated rings. The molecule has 1 aliphatic carbocycles. The average Bonchev–Trinajstić information content (AvgIpc) is 3.39. The van der Waals surface area contributed by atoms with Gasteiger partial charge in [-0.2, -0.15) is 17.5 Å². The van der Waals surface area contributed by atoms with Crippen LogP contribution in [0.4, 0.5) is 19.0 Å². The molecule has 0 radical (unpaired) electrons. The van der Waals surface area contributed by atoms with E-state index >= 15 is 0 Å². The van der Waals surface area contributed by atoms with Crippen LogP contribution in [-0.4, -0.2) is 49.1 Å². The van der Waals surface area contributed by atoms with E-state index in [4.69, 9.17) is 0 Å². The lowest BCUT2D eigenvalue weighted by Gasteiger charge is -2.37. The number of alkyl halides is 3. The van der Waals surface area contributed by atoms with Gasteiger partial charge < -0.3 is 4.90 Å². The van der Waals surface area contributed by atoms with E-state index in [1.165, 1.54) is 10.4 Å². The molecular formula is C15H20F3N3O2S. The first kappa shape index (κ1) is 17.5. The molecule has 2 heterocycles. The second-order valence-electron chi connectivity index (χ2n) is 6.41. The number of rotatable bonds is 4. The van der Waals surface area contributed by atoms with Gasteiger partial charge in [0, 0.05) is 32.4 Å². The third-order valence-corrected chi connectivity index (χ3v) is 7.07. The molecule has 24 heavy (non-hydrogen) atoms. The van der Waals surface area contributed by atoms with Gasteiger partial charge in [-0.25, -0.2) is 13.4 Å². The van der Waals surface area contributed by atoms with Crippen LogP contribution >= 0.6 is 0 Å². The zero-order valence-corrected chi connectivity index (χ0v) is 14.1. The van der Waals surface area contributed by atoms with Crippen LogP contribution in [0.25, 0.3) is 0 Å². The Hall–Kier alpha value is -1.35. The fourth-order valence-electron chi connectivity index (χ4n) is 3.01. The molecule has 0 N–H and O–H groups in total. The van der Waals surface area contributed by atoms with Gasteiger partial charge in [0.15, 0.2) is 0 Å². The van der Waals surface area contributed by atoms with E-state index in [0.717, 1.165) is 25.1 Å². The molecule has 5 nitrogen and oxygen atoms in total. The summed E-state index contributed by atoms with van der Waals surface area (Å²) in [6.07, 6.45) is -0.636. The predicted octanol–water partition coefficient (Wildman–Crippen LogP) is 2.49. The zero-order chi connectivity index (χ0) is 17.5. The van der Waals surface area contributed by atoms with Crippen LogP contribution in [0, 0.1) is 0 Å². The van der Waals surface area contributed by atoms with Crippen molar-refractivity contribution in [3.63, 3.8) is 0 Å². The summed E-state index contributed by atoms with van der Waals surface area (Å²) in [5.41, 5.74) is -0.784. The molecule has 134 valence electrons. The second kappa shape index (κ2) is 6.18. The number of likely N-dealkylation sites (N-methyl/N-ethyl adjacent to an activating group) is 1. The molecule has 0 bridgehead atoms. The number of piperidine rings is 1. The molecule has 1 atom stereocenters. The van der Waals surface area contributed by atoms with Crippen LogP contribution in [-0.2, 0) is 16.2 Å².